The maximum atomic E-state index is 2.38. The second-order valence-corrected chi connectivity index (χ2v) is 16.9. The van der Waals surface area contributed by atoms with Crippen LogP contribution in [0.15, 0.2) is 158 Å². The summed E-state index contributed by atoms with van der Waals surface area (Å²) in [6.45, 7) is 22.0. The Hall–Kier alpha value is -5.72. The lowest BCUT2D eigenvalue weighted by Gasteiger charge is -2.22. The van der Waals surface area contributed by atoms with Gasteiger partial charge in [0.2, 0.25) is 0 Å². The molecule has 0 heterocycles. The van der Waals surface area contributed by atoms with Crippen LogP contribution in [-0.4, -0.2) is 0 Å². The number of benzene rings is 7. The Morgan fingerprint density at radius 1 is 0.533 bits per heavy atom. The van der Waals surface area contributed by atoms with E-state index >= 15 is 0 Å². The Bertz CT molecular complexity index is 2530. The Balaban J connectivity index is 0.000000152. The third-order valence-electron chi connectivity index (χ3n) is 12.3. The van der Waals surface area contributed by atoms with Crippen LogP contribution in [0.4, 0.5) is 0 Å². The SMILES string of the molecule is CC.CCCc1cccc2c1C=CCC2C.CCc1c(-c2ccc(C)cc2)cccc1-c1ccccc1C.Cc1ccc2c(c1)C(C)(C)c1cc(-c3ccccc3)ccc1-2. The summed E-state index contributed by atoms with van der Waals surface area (Å²) < 4.78 is 0. The van der Waals surface area contributed by atoms with Gasteiger partial charge >= 0.3 is 0 Å². The first-order valence-electron chi connectivity index (χ1n) is 22.4. The molecule has 0 aliphatic heterocycles. The van der Waals surface area contributed by atoms with Gasteiger partial charge < -0.3 is 0 Å². The van der Waals surface area contributed by atoms with Crippen LogP contribution in [0.5, 0.6) is 0 Å². The maximum Gasteiger partial charge on any atom is 0.0159 e. The van der Waals surface area contributed by atoms with E-state index in [4.69, 9.17) is 0 Å². The molecular formula is C60H66. The van der Waals surface area contributed by atoms with E-state index in [9.17, 15) is 0 Å². The van der Waals surface area contributed by atoms with Crippen LogP contribution in [0.3, 0.4) is 0 Å². The molecule has 306 valence electrons. The van der Waals surface area contributed by atoms with E-state index in [1.54, 1.807) is 5.56 Å². The highest BCUT2D eigenvalue weighted by Crippen LogP contribution is 2.50. The number of hydrogen-bond acceptors (Lipinski definition) is 0. The lowest BCUT2D eigenvalue weighted by Crippen LogP contribution is -2.15. The van der Waals surface area contributed by atoms with Gasteiger partial charge in [-0.1, -0.05) is 224 Å². The molecule has 9 rings (SSSR count). The van der Waals surface area contributed by atoms with Crippen LogP contribution in [-0.2, 0) is 18.3 Å². The molecule has 1 atom stereocenters. The molecule has 0 N–H and O–H groups in total. The van der Waals surface area contributed by atoms with Crippen molar-refractivity contribution in [2.24, 2.45) is 0 Å². The second kappa shape index (κ2) is 20.0. The summed E-state index contributed by atoms with van der Waals surface area (Å²) in [6.07, 6.45) is 9.29. The van der Waals surface area contributed by atoms with Gasteiger partial charge in [-0.05, 0) is 135 Å². The van der Waals surface area contributed by atoms with Gasteiger partial charge in [0.25, 0.3) is 0 Å². The maximum absolute atomic E-state index is 2.38. The Labute approximate surface area is 363 Å². The monoisotopic (exact) mass is 787 g/mol. The highest BCUT2D eigenvalue weighted by atomic mass is 14.4. The first-order valence-corrected chi connectivity index (χ1v) is 22.4. The van der Waals surface area contributed by atoms with Crippen molar-refractivity contribution in [3.05, 3.63) is 208 Å². The van der Waals surface area contributed by atoms with Gasteiger partial charge in [0.15, 0.2) is 0 Å². The molecule has 0 bridgehead atoms. The molecule has 2 aliphatic carbocycles. The summed E-state index contributed by atoms with van der Waals surface area (Å²) in [5.41, 5.74) is 23.6. The van der Waals surface area contributed by atoms with Gasteiger partial charge in [0, 0.05) is 5.41 Å². The average Bonchev–Trinajstić information content (AvgIpc) is 3.50. The summed E-state index contributed by atoms with van der Waals surface area (Å²) in [6, 6.07) is 55.3. The molecule has 0 heteroatoms. The fourth-order valence-corrected chi connectivity index (χ4v) is 9.03. The van der Waals surface area contributed by atoms with Crippen molar-refractivity contribution >= 4 is 6.08 Å². The molecule has 0 spiro atoms. The number of allylic oxidation sites excluding steroid dienone is 1. The lowest BCUT2D eigenvalue weighted by atomic mass is 9.81. The fraction of sp³-hybridized carbons (Fsp3) is 0.267. The molecule has 0 saturated heterocycles. The summed E-state index contributed by atoms with van der Waals surface area (Å²) in [5, 5.41) is 0. The minimum Gasteiger partial charge on any atom is -0.0833 e. The highest BCUT2D eigenvalue weighted by molar-refractivity contribution is 5.84. The number of hydrogen-bond donors (Lipinski definition) is 0. The molecular weight excluding hydrogens is 721 g/mol. The summed E-state index contributed by atoms with van der Waals surface area (Å²) in [5.74, 6) is 0.701. The topological polar surface area (TPSA) is 0 Å². The zero-order chi connectivity index (χ0) is 42.8. The van der Waals surface area contributed by atoms with Crippen LogP contribution < -0.4 is 0 Å². The van der Waals surface area contributed by atoms with E-state index in [2.05, 4.69) is 219 Å². The van der Waals surface area contributed by atoms with E-state index in [0.29, 0.717) is 5.92 Å². The summed E-state index contributed by atoms with van der Waals surface area (Å²) in [7, 11) is 0. The normalized spacial score (nSPS) is 13.9. The minimum absolute atomic E-state index is 0.0709. The van der Waals surface area contributed by atoms with E-state index < -0.39 is 0 Å². The molecule has 7 aromatic rings. The van der Waals surface area contributed by atoms with Crippen molar-refractivity contribution in [2.75, 3.05) is 0 Å². The van der Waals surface area contributed by atoms with Crippen molar-refractivity contribution in [3.63, 3.8) is 0 Å². The number of rotatable bonds is 6. The fourth-order valence-electron chi connectivity index (χ4n) is 9.03. The third-order valence-corrected chi connectivity index (χ3v) is 12.3. The molecule has 60 heavy (non-hydrogen) atoms. The number of fused-ring (bicyclic) bond motifs is 4. The molecule has 0 nitrogen and oxygen atoms in total. The minimum atomic E-state index is 0.0709. The third kappa shape index (κ3) is 9.50. The predicted molar refractivity (Wildman–Crippen MR) is 264 cm³/mol. The van der Waals surface area contributed by atoms with Gasteiger partial charge in [-0.3, -0.25) is 0 Å². The molecule has 1 unspecified atom stereocenters. The lowest BCUT2D eigenvalue weighted by molar-refractivity contribution is 0.660. The van der Waals surface area contributed by atoms with Crippen LogP contribution in [0.1, 0.15) is 117 Å². The highest BCUT2D eigenvalue weighted by Gasteiger charge is 2.35. The zero-order valence-corrected chi connectivity index (χ0v) is 38.0. The summed E-state index contributed by atoms with van der Waals surface area (Å²) >= 11 is 0. The zero-order valence-electron chi connectivity index (χ0n) is 38.0. The van der Waals surface area contributed by atoms with Crippen molar-refractivity contribution in [1.82, 2.24) is 0 Å². The smallest absolute Gasteiger partial charge is 0.0159 e. The first kappa shape index (κ1) is 43.8. The number of aryl methyl sites for hydroxylation is 4. The average molecular weight is 787 g/mol. The molecule has 0 amide bonds. The van der Waals surface area contributed by atoms with Crippen LogP contribution >= 0.6 is 0 Å². The van der Waals surface area contributed by atoms with Gasteiger partial charge in [0.05, 0.1) is 0 Å². The standard InChI is InChI=1S/C22H20.C22H22.C14H18.C2H6/c1-15-9-11-18-19-12-10-17(16-7-5-4-6-8-16)14-21(19)22(2,3)20(18)13-15;1-4-19-21(18-14-12-16(2)13-15-18)10-7-11-22(19)20-9-6-5-8-17(20)3;1-3-6-12-8-5-9-13-11(2)7-4-10-14(12)13;1-2/h4-14H,1-3H3;5-15H,4H2,1-3H3;4-5,8-11H,3,6-7H2,1-2H3;1-2H3. The van der Waals surface area contributed by atoms with Gasteiger partial charge in [-0.2, -0.15) is 0 Å². The van der Waals surface area contributed by atoms with E-state index in [0.717, 1.165) is 6.42 Å². The van der Waals surface area contributed by atoms with E-state index in [-0.39, 0.29) is 5.41 Å². The second-order valence-electron chi connectivity index (χ2n) is 16.9. The quantitative estimate of drug-likeness (QED) is 0.157. The van der Waals surface area contributed by atoms with Crippen molar-refractivity contribution in [2.45, 2.75) is 106 Å². The predicted octanol–water partition coefficient (Wildman–Crippen LogP) is 17.4. The molecule has 2 aliphatic rings. The molecule has 0 aromatic heterocycles. The van der Waals surface area contributed by atoms with Crippen LogP contribution in [0, 0.1) is 20.8 Å². The van der Waals surface area contributed by atoms with Crippen molar-refractivity contribution in [1.29, 1.82) is 0 Å². The Morgan fingerprint density at radius 3 is 1.83 bits per heavy atom. The molecule has 0 saturated carbocycles. The van der Waals surface area contributed by atoms with E-state index in [1.807, 2.05) is 13.8 Å². The van der Waals surface area contributed by atoms with E-state index in [1.165, 1.54) is 108 Å². The van der Waals surface area contributed by atoms with Gasteiger partial charge in [-0.15, -0.1) is 0 Å². The Kier molecular flexibility index (Phi) is 14.6. The Morgan fingerprint density at radius 2 is 1.13 bits per heavy atom. The van der Waals surface area contributed by atoms with Crippen molar-refractivity contribution < 1.29 is 0 Å². The summed E-state index contributed by atoms with van der Waals surface area (Å²) in [4.78, 5) is 0. The molecule has 7 aromatic carbocycles. The molecule has 0 fully saturated rings. The van der Waals surface area contributed by atoms with Crippen molar-refractivity contribution in [3.8, 4) is 44.5 Å². The van der Waals surface area contributed by atoms with Gasteiger partial charge in [-0.25, -0.2) is 0 Å². The first-order chi connectivity index (χ1) is 29.1. The molecule has 0 radical (unpaired) electrons. The van der Waals surface area contributed by atoms with Gasteiger partial charge in [0.1, 0.15) is 0 Å². The van der Waals surface area contributed by atoms with Crippen LogP contribution in [0.25, 0.3) is 50.6 Å². The largest absolute Gasteiger partial charge is 0.0833 e. The van der Waals surface area contributed by atoms with Crippen LogP contribution in [0.2, 0.25) is 0 Å².